The van der Waals surface area contributed by atoms with E-state index in [1.165, 1.54) is 0 Å². The van der Waals surface area contributed by atoms with Gasteiger partial charge in [-0.3, -0.25) is 9.59 Å². The summed E-state index contributed by atoms with van der Waals surface area (Å²) in [6.45, 7) is 4.12. The molecule has 2 aromatic heterocycles. The molecule has 0 atom stereocenters. The number of ether oxygens (including phenoxy) is 1. The van der Waals surface area contributed by atoms with Crippen molar-refractivity contribution in [3.8, 4) is 5.75 Å². The molecule has 1 aromatic carbocycles. The highest BCUT2D eigenvalue weighted by Gasteiger charge is 2.45. The minimum Gasteiger partial charge on any atom is -0.488 e. The number of thiazole rings is 1. The number of furan rings is 1. The van der Waals surface area contributed by atoms with Gasteiger partial charge in [-0.2, -0.15) is 0 Å². The van der Waals surface area contributed by atoms with Gasteiger partial charge in [-0.25, -0.2) is 4.98 Å². The number of carbonyl (C=O) groups is 2. The lowest BCUT2D eigenvalue weighted by Crippen LogP contribution is -2.62. The molecule has 152 valence electrons. The molecule has 0 spiro atoms. The third-order valence-corrected chi connectivity index (χ3v) is 6.41. The van der Waals surface area contributed by atoms with Crippen LogP contribution in [-0.2, 0) is 11.4 Å². The Morgan fingerprint density at radius 1 is 1.31 bits per heavy atom. The molecule has 0 radical (unpaired) electrons. The van der Waals surface area contributed by atoms with Crippen LogP contribution >= 0.6 is 11.3 Å². The number of aromatic nitrogens is 1. The summed E-state index contributed by atoms with van der Waals surface area (Å²) in [4.78, 5) is 30.6. The zero-order valence-electron chi connectivity index (χ0n) is 16.6. The maximum Gasteiger partial charge on any atom is 0.256 e. The van der Waals surface area contributed by atoms with E-state index >= 15 is 0 Å². The minimum absolute atomic E-state index is 0.161. The van der Waals surface area contributed by atoms with E-state index in [0.717, 1.165) is 17.0 Å². The van der Waals surface area contributed by atoms with Crippen molar-refractivity contribution >= 4 is 34.1 Å². The highest BCUT2D eigenvalue weighted by atomic mass is 32.1. The quantitative estimate of drug-likeness (QED) is 0.645. The van der Waals surface area contributed by atoms with Crippen LogP contribution in [0.25, 0.3) is 11.0 Å². The van der Waals surface area contributed by atoms with E-state index in [0.29, 0.717) is 47.5 Å². The molecule has 0 bridgehead atoms. The number of aryl methyl sites for hydroxylation is 2. The summed E-state index contributed by atoms with van der Waals surface area (Å²) in [6, 6.07) is 5.43. The topological polar surface area (TPSA) is 93.5 Å². The van der Waals surface area contributed by atoms with Crippen LogP contribution in [0.5, 0.6) is 5.75 Å². The van der Waals surface area contributed by atoms with E-state index in [-0.39, 0.29) is 11.8 Å². The number of benzene rings is 1. The molecule has 1 aliphatic carbocycles. The second-order valence-electron chi connectivity index (χ2n) is 7.31. The van der Waals surface area contributed by atoms with E-state index in [1.807, 2.05) is 19.1 Å². The maximum atomic E-state index is 13.1. The first-order valence-corrected chi connectivity index (χ1v) is 10.4. The number of amides is 2. The van der Waals surface area contributed by atoms with Crippen LogP contribution in [0, 0.1) is 13.8 Å². The molecule has 0 unspecified atom stereocenters. The van der Waals surface area contributed by atoms with Gasteiger partial charge in [0, 0.05) is 12.4 Å². The number of fused-ring (bicyclic) bond motifs is 1. The van der Waals surface area contributed by atoms with Gasteiger partial charge < -0.3 is 19.8 Å². The fourth-order valence-electron chi connectivity index (χ4n) is 3.64. The summed E-state index contributed by atoms with van der Waals surface area (Å²) in [7, 11) is 1.58. The summed E-state index contributed by atoms with van der Waals surface area (Å²) >= 11 is 1.55. The number of rotatable bonds is 6. The molecule has 2 N–H and O–H groups in total. The largest absolute Gasteiger partial charge is 0.488 e. The Morgan fingerprint density at radius 3 is 2.72 bits per heavy atom. The Hall–Kier alpha value is -2.87. The van der Waals surface area contributed by atoms with Crippen molar-refractivity contribution in [1.82, 2.24) is 15.6 Å². The van der Waals surface area contributed by atoms with Gasteiger partial charge in [0.05, 0.1) is 21.6 Å². The summed E-state index contributed by atoms with van der Waals surface area (Å²) in [5.74, 6) is 0.690. The predicted molar refractivity (Wildman–Crippen MR) is 110 cm³/mol. The van der Waals surface area contributed by atoms with Crippen molar-refractivity contribution in [2.24, 2.45) is 0 Å². The molecule has 0 aliphatic heterocycles. The molecule has 2 heterocycles. The van der Waals surface area contributed by atoms with Crippen LogP contribution in [0.3, 0.4) is 0 Å². The monoisotopic (exact) mass is 413 g/mol. The van der Waals surface area contributed by atoms with E-state index in [9.17, 15) is 9.59 Å². The number of hydrogen-bond acceptors (Lipinski definition) is 6. The zero-order valence-corrected chi connectivity index (χ0v) is 17.4. The van der Waals surface area contributed by atoms with Crippen molar-refractivity contribution in [3.05, 3.63) is 45.6 Å². The lowest BCUT2D eigenvalue weighted by atomic mass is 9.75. The molecule has 0 saturated heterocycles. The average molecular weight is 413 g/mol. The molecular weight excluding hydrogens is 390 g/mol. The molecule has 8 heteroatoms. The molecule has 4 rings (SSSR count). The normalized spacial score (nSPS) is 15.0. The predicted octanol–water partition coefficient (Wildman–Crippen LogP) is 3.48. The van der Waals surface area contributed by atoms with Gasteiger partial charge >= 0.3 is 0 Å². The summed E-state index contributed by atoms with van der Waals surface area (Å²) < 4.78 is 11.7. The Labute approximate surface area is 172 Å². The molecule has 7 nitrogen and oxygen atoms in total. The zero-order chi connectivity index (χ0) is 20.6. The Balaban J connectivity index is 1.60. The molecule has 1 fully saturated rings. The molecule has 2 amide bonds. The Morgan fingerprint density at radius 2 is 2.10 bits per heavy atom. The van der Waals surface area contributed by atoms with Gasteiger partial charge in [-0.05, 0) is 51.3 Å². The Bertz CT molecular complexity index is 1080. The number of nitrogens with one attached hydrogen (secondary N) is 2. The summed E-state index contributed by atoms with van der Waals surface area (Å²) in [5, 5.41) is 6.26. The van der Waals surface area contributed by atoms with Crippen molar-refractivity contribution in [2.45, 2.75) is 45.3 Å². The summed E-state index contributed by atoms with van der Waals surface area (Å²) in [5.41, 5.74) is 2.96. The van der Waals surface area contributed by atoms with E-state index < -0.39 is 5.54 Å². The van der Waals surface area contributed by atoms with Crippen LogP contribution in [0.4, 0.5) is 0 Å². The molecule has 29 heavy (non-hydrogen) atoms. The Kier molecular flexibility index (Phi) is 5.04. The number of hydrogen-bond donors (Lipinski definition) is 2. The first kappa shape index (κ1) is 19.4. The van der Waals surface area contributed by atoms with Crippen molar-refractivity contribution in [1.29, 1.82) is 0 Å². The van der Waals surface area contributed by atoms with E-state index in [1.54, 1.807) is 36.9 Å². The van der Waals surface area contributed by atoms with Crippen molar-refractivity contribution in [3.63, 3.8) is 0 Å². The maximum absolute atomic E-state index is 13.1. The highest BCUT2D eigenvalue weighted by molar-refractivity contribution is 7.09. The van der Waals surface area contributed by atoms with Gasteiger partial charge in [-0.1, -0.05) is 0 Å². The smallest absolute Gasteiger partial charge is 0.256 e. The fourth-order valence-corrected chi connectivity index (χ4v) is 4.33. The molecule has 1 saturated carbocycles. The second-order valence-corrected chi connectivity index (χ2v) is 8.25. The van der Waals surface area contributed by atoms with Gasteiger partial charge in [0.1, 0.15) is 29.2 Å². The average Bonchev–Trinajstić information content (AvgIpc) is 3.23. The fraction of sp³-hybridized carbons (Fsp3) is 0.381. The van der Waals surface area contributed by atoms with Crippen LogP contribution < -0.4 is 15.4 Å². The summed E-state index contributed by atoms with van der Waals surface area (Å²) in [6.07, 6.45) is 2.18. The number of nitrogens with zero attached hydrogens (tertiary/aromatic N) is 1. The van der Waals surface area contributed by atoms with Crippen LogP contribution in [0.2, 0.25) is 0 Å². The number of likely N-dealkylation sites (N-methyl/N-ethyl adjacent to an activating group) is 1. The first-order chi connectivity index (χ1) is 13.9. The van der Waals surface area contributed by atoms with Crippen LogP contribution in [0.15, 0.2) is 28.1 Å². The second kappa shape index (κ2) is 7.51. The van der Waals surface area contributed by atoms with Crippen LogP contribution in [-0.4, -0.2) is 29.4 Å². The third-order valence-electron chi connectivity index (χ3n) is 5.50. The SMILES string of the molecule is CNC(=O)C1(NC(=O)c2c(C)oc3ccc(OCc4scnc4C)cc23)CCC1. The molecular formula is C21H23N3O4S. The standard InChI is InChI=1S/C21H23N3O4S/c1-12-17(29-11-23-12)10-27-14-5-6-16-15(9-14)18(13(2)28-16)19(25)24-21(7-4-8-21)20(26)22-3/h5-6,9,11H,4,7-8,10H2,1-3H3,(H,22,26)(H,24,25). The van der Waals surface area contributed by atoms with Crippen molar-refractivity contribution < 1.29 is 18.7 Å². The minimum atomic E-state index is -0.834. The molecule has 1 aliphatic rings. The van der Waals surface area contributed by atoms with Gasteiger partial charge in [0.2, 0.25) is 5.91 Å². The van der Waals surface area contributed by atoms with Crippen LogP contribution in [0.1, 0.15) is 46.0 Å². The van der Waals surface area contributed by atoms with E-state index in [2.05, 4.69) is 15.6 Å². The highest BCUT2D eigenvalue weighted by Crippen LogP contribution is 2.34. The lowest BCUT2D eigenvalue weighted by Gasteiger charge is -2.40. The van der Waals surface area contributed by atoms with Crippen molar-refractivity contribution in [2.75, 3.05) is 7.05 Å². The van der Waals surface area contributed by atoms with Gasteiger partial charge in [0.25, 0.3) is 5.91 Å². The number of carbonyl (C=O) groups excluding carboxylic acids is 2. The molecule has 3 aromatic rings. The lowest BCUT2D eigenvalue weighted by molar-refractivity contribution is -0.130. The van der Waals surface area contributed by atoms with E-state index in [4.69, 9.17) is 9.15 Å². The van der Waals surface area contributed by atoms with Gasteiger partial charge in [0.15, 0.2) is 0 Å². The third kappa shape index (κ3) is 3.48. The van der Waals surface area contributed by atoms with Gasteiger partial charge in [-0.15, -0.1) is 11.3 Å². The first-order valence-electron chi connectivity index (χ1n) is 9.53.